The van der Waals surface area contributed by atoms with Gasteiger partial charge in [0.05, 0.1) is 6.61 Å². The van der Waals surface area contributed by atoms with Gasteiger partial charge in [0.1, 0.15) is 5.56 Å². The van der Waals surface area contributed by atoms with Crippen molar-refractivity contribution < 1.29 is 9.53 Å². The number of unbranched alkanes of at least 4 members (excludes halogenated alkanes) is 1. The highest BCUT2D eigenvalue weighted by atomic mass is 32.1. The molecule has 1 heterocycles. The molecule has 0 saturated heterocycles. The van der Waals surface area contributed by atoms with E-state index in [1.165, 1.54) is 38.5 Å². The van der Waals surface area contributed by atoms with E-state index in [0.717, 1.165) is 50.2 Å². The Morgan fingerprint density at radius 2 is 1.83 bits per heavy atom. The molecule has 0 aliphatic heterocycles. The number of hydrogen-bond donors (Lipinski definition) is 1. The largest absolute Gasteiger partial charge is 0.462 e. The van der Waals surface area contributed by atoms with E-state index in [-0.39, 0.29) is 12.0 Å². The zero-order valence-corrected chi connectivity index (χ0v) is 19.5. The minimum absolute atomic E-state index is 0.282. The van der Waals surface area contributed by atoms with Crippen molar-refractivity contribution in [3.8, 4) is 0 Å². The Balaban J connectivity index is 1.90. The third-order valence-corrected chi connectivity index (χ3v) is 6.61. The average Bonchev–Trinajstić information content (AvgIpc) is 3.18. The predicted octanol–water partition coefficient (Wildman–Crippen LogP) is 5.21. The molecule has 3 rings (SSSR count). The molecule has 0 unspecified atom stereocenters. The van der Waals surface area contributed by atoms with Gasteiger partial charge in [0, 0.05) is 24.8 Å². The highest BCUT2D eigenvalue weighted by Crippen LogP contribution is 2.30. The lowest BCUT2D eigenvalue weighted by molar-refractivity contribution is 0.0527. The number of nitrogens with one attached hydrogen (secondary N) is 1. The Hall–Kier alpha value is -1.63. The lowest BCUT2D eigenvalue weighted by Gasteiger charge is -2.37. The first-order valence-corrected chi connectivity index (χ1v) is 12.4. The summed E-state index contributed by atoms with van der Waals surface area (Å²) >= 11 is 5.94. The molecule has 0 atom stereocenters. The molecule has 1 aromatic heterocycles. The lowest BCUT2D eigenvalue weighted by Crippen LogP contribution is -2.51. The van der Waals surface area contributed by atoms with Crippen molar-refractivity contribution in [3.05, 3.63) is 11.8 Å². The maximum Gasteiger partial charge on any atom is 0.343 e. The van der Waals surface area contributed by atoms with E-state index in [0.29, 0.717) is 24.0 Å². The van der Waals surface area contributed by atoms with Crippen LogP contribution >= 0.6 is 12.2 Å². The summed E-state index contributed by atoms with van der Waals surface area (Å²) in [5, 5.41) is 9.20. The van der Waals surface area contributed by atoms with Gasteiger partial charge in [-0.2, -0.15) is 5.10 Å². The molecule has 0 spiro atoms. The standard InChI is InChI=1S/C23H38N4O2S/c1-3-5-16-26-17-20(22(28)29-4-2)21(25-26)27(19-14-10-7-11-15-19)23(30)24-18-12-8-6-9-13-18/h17-19H,3-16H2,1-2H3,(H,24,30). The number of aromatic nitrogens is 2. The number of thiocarbonyl (C=S) groups is 1. The fourth-order valence-corrected chi connectivity index (χ4v) is 5.04. The van der Waals surface area contributed by atoms with Gasteiger partial charge in [-0.05, 0) is 51.2 Å². The van der Waals surface area contributed by atoms with Crippen LogP contribution in [0.5, 0.6) is 0 Å². The fraction of sp³-hybridized carbons (Fsp3) is 0.783. The van der Waals surface area contributed by atoms with Crippen molar-refractivity contribution in [2.24, 2.45) is 0 Å². The first kappa shape index (κ1) is 23.0. The molecule has 168 valence electrons. The Kier molecular flexibility index (Phi) is 8.97. The normalized spacial score (nSPS) is 18.2. The molecule has 0 amide bonds. The van der Waals surface area contributed by atoms with Crippen LogP contribution in [-0.4, -0.2) is 39.6 Å². The molecule has 2 saturated carbocycles. The van der Waals surface area contributed by atoms with Crippen LogP contribution in [-0.2, 0) is 11.3 Å². The number of aryl methyl sites for hydroxylation is 1. The molecule has 2 aliphatic carbocycles. The molecule has 0 bridgehead atoms. The van der Waals surface area contributed by atoms with Crippen molar-refractivity contribution in [1.29, 1.82) is 0 Å². The molecular formula is C23H38N4O2S. The van der Waals surface area contributed by atoms with Crippen LogP contribution < -0.4 is 10.2 Å². The number of carbonyl (C=O) groups is 1. The van der Waals surface area contributed by atoms with Gasteiger partial charge in [-0.3, -0.25) is 9.58 Å². The Labute approximate surface area is 186 Å². The Bertz CT molecular complexity index is 693. The Morgan fingerprint density at radius 3 is 2.47 bits per heavy atom. The van der Waals surface area contributed by atoms with Crippen LogP contribution in [0.2, 0.25) is 0 Å². The third kappa shape index (κ3) is 5.96. The van der Waals surface area contributed by atoms with Gasteiger partial charge in [-0.25, -0.2) is 4.79 Å². The summed E-state index contributed by atoms with van der Waals surface area (Å²) < 4.78 is 7.26. The van der Waals surface area contributed by atoms with Crippen LogP contribution in [0.15, 0.2) is 6.20 Å². The number of nitrogens with zero attached hydrogens (tertiary/aromatic N) is 3. The predicted molar refractivity (Wildman–Crippen MR) is 125 cm³/mol. The summed E-state index contributed by atoms with van der Waals surface area (Å²) in [6.07, 6.45) is 15.9. The molecule has 1 aromatic rings. The van der Waals surface area contributed by atoms with Crippen molar-refractivity contribution in [1.82, 2.24) is 15.1 Å². The number of ether oxygens (including phenoxy) is 1. The number of rotatable bonds is 8. The summed E-state index contributed by atoms with van der Waals surface area (Å²) in [5.41, 5.74) is 0.534. The summed E-state index contributed by atoms with van der Waals surface area (Å²) in [7, 11) is 0. The molecule has 30 heavy (non-hydrogen) atoms. The second-order valence-corrected chi connectivity index (χ2v) is 9.04. The summed E-state index contributed by atoms with van der Waals surface area (Å²) in [4.78, 5) is 14.9. The van der Waals surface area contributed by atoms with E-state index in [4.69, 9.17) is 22.1 Å². The SMILES string of the molecule is CCCCn1cc(C(=O)OCC)c(N(C(=S)NC2CCCCC2)C2CCCCC2)n1. The molecular weight excluding hydrogens is 396 g/mol. The number of hydrogen-bond acceptors (Lipinski definition) is 4. The monoisotopic (exact) mass is 434 g/mol. The number of esters is 1. The zero-order chi connectivity index (χ0) is 21.3. The minimum atomic E-state index is -0.309. The van der Waals surface area contributed by atoms with Crippen LogP contribution in [0.25, 0.3) is 0 Å². The van der Waals surface area contributed by atoms with Crippen LogP contribution in [0.3, 0.4) is 0 Å². The van der Waals surface area contributed by atoms with E-state index in [2.05, 4.69) is 17.1 Å². The number of carbonyl (C=O) groups excluding carboxylic acids is 1. The average molecular weight is 435 g/mol. The first-order valence-electron chi connectivity index (χ1n) is 12.0. The van der Waals surface area contributed by atoms with E-state index >= 15 is 0 Å². The van der Waals surface area contributed by atoms with E-state index in [1.54, 1.807) is 0 Å². The van der Waals surface area contributed by atoms with Crippen molar-refractivity contribution in [2.45, 2.75) is 110 Å². The first-order chi connectivity index (χ1) is 14.6. The molecule has 6 nitrogen and oxygen atoms in total. The van der Waals surface area contributed by atoms with Crippen molar-refractivity contribution >= 4 is 29.1 Å². The van der Waals surface area contributed by atoms with Crippen molar-refractivity contribution in [2.75, 3.05) is 11.5 Å². The van der Waals surface area contributed by atoms with E-state index in [1.807, 2.05) is 17.8 Å². The minimum Gasteiger partial charge on any atom is -0.462 e. The van der Waals surface area contributed by atoms with Crippen LogP contribution in [0.4, 0.5) is 5.82 Å². The second-order valence-electron chi connectivity index (χ2n) is 8.65. The van der Waals surface area contributed by atoms with Crippen LogP contribution in [0, 0.1) is 0 Å². The number of anilines is 1. The highest BCUT2D eigenvalue weighted by molar-refractivity contribution is 7.80. The quantitative estimate of drug-likeness (QED) is 0.448. The van der Waals surface area contributed by atoms with Gasteiger partial charge >= 0.3 is 5.97 Å². The third-order valence-electron chi connectivity index (χ3n) is 6.30. The fourth-order valence-electron chi connectivity index (χ4n) is 4.64. The van der Waals surface area contributed by atoms with E-state index < -0.39 is 0 Å². The maximum absolute atomic E-state index is 12.8. The van der Waals surface area contributed by atoms with Gasteiger partial charge in [0.15, 0.2) is 10.9 Å². The zero-order valence-electron chi connectivity index (χ0n) is 18.7. The molecule has 0 radical (unpaired) electrons. The summed E-state index contributed by atoms with van der Waals surface area (Å²) in [6, 6.07) is 0.704. The second kappa shape index (κ2) is 11.7. The van der Waals surface area contributed by atoms with Crippen molar-refractivity contribution in [3.63, 3.8) is 0 Å². The molecule has 2 fully saturated rings. The van der Waals surface area contributed by atoms with Gasteiger partial charge in [0.25, 0.3) is 0 Å². The summed E-state index contributed by atoms with van der Waals surface area (Å²) in [6.45, 7) is 5.15. The van der Waals surface area contributed by atoms with Crippen LogP contribution in [0.1, 0.15) is 101 Å². The maximum atomic E-state index is 12.8. The van der Waals surface area contributed by atoms with Gasteiger partial charge in [-0.15, -0.1) is 0 Å². The Morgan fingerprint density at radius 1 is 1.17 bits per heavy atom. The topological polar surface area (TPSA) is 59.4 Å². The lowest BCUT2D eigenvalue weighted by atomic mass is 9.93. The summed E-state index contributed by atoms with van der Waals surface area (Å²) in [5.74, 6) is 0.362. The van der Waals surface area contributed by atoms with Gasteiger partial charge < -0.3 is 10.1 Å². The van der Waals surface area contributed by atoms with E-state index in [9.17, 15) is 4.79 Å². The molecule has 0 aromatic carbocycles. The highest BCUT2D eigenvalue weighted by Gasteiger charge is 2.32. The smallest absolute Gasteiger partial charge is 0.343 e. The van der Waals surface area contributed by atoms with Gasteiger partial charge in [0.2, 0.25) is 0 Å². The molecule has 2 aliphatic rings. The molecule has 7 heteroatoms. The molecule has 1 N–H and O–H groups in total. The van der Waals surface area contributed by atoms with Gasteiger partial charge in [-0.1, -0.05) is 51.9 Å².